The summed E-state index contributed by atoms with van der Waals surface area (Å²) in [4.78, 5) is 47.2. The number of esters is 1. The fourth-order valence-corrected chi connectivity index (χ4v) is 7.06. The number of hydrogen-bond donors (Lipinski definition) is 2. The third-order valence-corrected chi connectivity index (χ3v) is 8.69. The number of hydrogen-bond acceptors (Lipinski definition) is 8. The lowest BCUT2D eigenvalue weighted by Crippen LogP contribution is -2.17. The van der Waals surface area contributed by atoms with Crippen molar-refractivity contribution in [1.29, 1.82) is 0 Å². The molecule has 0 aliphatic heterocycles. The van der Waals surface area contributed by atoms with E-state index in [1.807, 2.05) is 0 Å². The zero-order valence-electron chi connectivity index (χ0n) is 18.6. The fraction of sp³-hybridized carbons (Fsp3) is 0.250. The van der Waals surface area contributed by atoms with Gasteiger partial charge in [-0.3, -0.25) is 9.59 Å². The third-order valence-electron chi connectivity index (χ3n) is 5.73. The Kier molecular flexibility index (Phi) is 6.72. The first-order valence-electron chi connectivity index (χ1n) is 10.9. The molecule has 0 radical (unpaired) electrons. The number of amides is 1. The Morgan fingerprint density at radius 2 is 2.00 bits per heavy atom. The van der Waals surface area contributed by atoms with E-state index >= 15 is 0 Å². The molecule has 0 fully saturated rings. The Morgan fingerprint density at radius 1 is 1.23 bits per heavy atom. The van der Waals surface area contributed by atoms with Crippen LogP contribution in [0.3, 0.4) is 0 Å². The third kappa shape index (κ3) is 4.75. The molecule has 2 N–H and O–H groups in total. The van der Waals surface area contributed by atoms with Crippen LogP contribution in [-0.4, -0.2) is 34.7 Å². The van der Waals surface area contributed by atoms with Gasteiger partial charge >= 0.3 is 5.97 Å². The molecule has 0 spiro atoms. The van der Waals surface area contributed by atoms with E-state index in [9.17, 15) is 18.8 Å². The monoisotopic (exact) mass is 529 g/mol. The average Bonchev–Trinajstić information content (AvgIpc) is 3.44. The first kappa shape index (κ1) is 23.7. The van der Waals surface area contributed by atoms with Crippen LogP contribution in [0.25, 0.3) is 21.3 Å². The van der Waals surface area contributed by atoms with Crippen molar-refractivity contribution in [2.45, 2.75) is 30.8 Å². The molecule has 3 aromatic heterocycles. The number of ether oxygens (including phenoxy) is 1. The van der Waals surface area contributed by atoms with Crippen molar-refractivity contribution in [3.63, 3.8) is 0 Å². The van der Waals surface area contributed by atoms with Crippen molar-refractivity contribution in [3.05, 3.63) is 61.8 Å². The second kappa shape index (κ2) is 9.92. The molecule has 180 valence electrons. The molecule has 1 aliphatic rings. The van der Waals surface area contributed by atoms with Crippen LogP contribution < -0.4 is 10.9 Å². The molecular formula is C24H20FN3O4S3. The van der Waals surface area contributed by atoms with Crippen LogP contribution in [0.4, 0.5) is 9.39 Å². The summed E-state index contributed by atoms with van der Waals surface area (Å²) in [6.45, 7) is 0. The fourth-order valence-electron chi connectivity index (χ4n) is 4.11. The molecule has 0 atom stereocenters. The van der Waals surface area contributed by atoms with Crippen molar-refractivity contribution < 1.29 is 18.7 Å². The van der Waals surface area contributed by atoms with Crippen molar-refractivity contribution in [2.75, 3.05) is 18.2 Å². The van der Waals surface area contributed by atoms with E-state index in [0.717, 1.165) is 43.0 Å². The molecule has 0 saturated carbocycles. The number of nitrogens with one attached hydrogen (secondary N) is 2. The summed E-state index contributed by atoms with van der Waals surface area (Å²) in [6.07, 6.45) is 4.08. The highest BCUT2D eigenvalue weighted by Gasteiger charge is 2.23. The molecular weight excluding hydrogens is 509 g/mol. The van der Waals surface area contributed by atoms with E-state index in [1.165, 1.54) is 35.5 Å². The van der Waals surface area contributed by atoms with Crippen LogP contribution in [0.5, 0.6) is 0 Å². The molecule has 35 heavy (non-hydrogen) atoms. The zero-order valence-corrected chi connectivity index (χ0v) is 21.1. The second-order valence-corrected chi connectivity index (χ2v) is 10.9. The van der Waals surface area contributed by atoms with Crippen molar-refractivity contribution in [1.82, 2.24) is 9.97 Å². The molecule has 1 aliphatic carbocycles. The van der Waals surface area contributed by atoms with Gasteiger partial charge in [0.25, 0.3) is 5.56 Å². The number of H-pyrrole nitrogens is 1. The Bertz CT molecular complexity index is 1490. The van der Waals surface area contributed by atoms with Crippen molar-refractivity contribution in [3.8, 4) is 11.1 Å². The number of halogens is 1. The van der Waals surface area contributed by atoms with E-state index in [-0.39, 0.29) is 28.6 Å². The summed E-state index contributed by atoms with van der Waals surface area (Å²) in [5, 5.41) is 5.86. The highest BCUT2D eigenvalue weighted by Crippen LogP contribution is 2.37. The van der Waals surface area contributed by atoms with E-state index in [1.54, 1.807) is 28.8 Å². The normalized spacial score (nSPS) is 13.0. The molecule has 5 rings (SSSR count). The minimum Gasteiger partial charge on any atom is -0.465 e. The van der Waals surface area contributed by atoms with Gasteiger partial charge in [-0.2, -0.15) is 0 Å². The van der Waals surface area contributed by atoms with Gasteiger partial charge in [-0.1, -0.05) is 23.9 Å². The van der Waals surface area contributed by atoms with Gasteiger partial charge in [0.2, 0.25) is 5.91 Å². The largest absolute Gasteiger partial charge is 0.465 e. The van der Waals surface area contributed by atoms with Crippen LogP contribution in [-0.2, 0) is 22.4 Å². The SMILES string of the molecule is COC(=O)c1c(-c2ccc(F)cc2)csc1NC(=O)CSc1nc2sc3c(c2c(=O)[nH]1)CCCC3. The van der Waals surface area contributed by atoms with Crippen LogP contribution in [0.15, 0.2) is 39.6 Å². The number of anilines is 1. The van der Waals surface area contributed by atoms with Crippen molar-refractivity contribution in [2.24, 2.45) is 0 Å². The lowest BCUT2D eigenvalue weighted by molar-refractivity contribution is -0.113. The van der Waals surface area contributed by atoms with E-state index < -0.39 is 5.97 Å². The number of rotatable bonds is 6. The number of aromatic nitrogens is 2. The van der Waals surface area contributed by atoms with Crippen molar-refractivity contribution >= 4 is 61.5 Å². The number of aryl methyl sites for hydroxylation is 2. The molecule has 3 heterocycles. The summed E-state index contributed by atoms with van der Waals surface area (Å²) < 4.78 is 18.2. The standard InChI is InChI=1S/C24H20FN3O4S3/c1-32-23(31)19-15(12-6-8-13(25)9-7-12)10-33-21(19)26-17(29)11-34-24-27-20(30)18-14-4-2-3-5-16(14)35-22(18)28-24/h6-10H,2-5,11H2,1H3,(H,26,29)(H,27,28,30). The highest BCUT2D eigenvalue weighted by atomic mass is 32.2. The minimum atomic E-state index is -0.605. The van der Waals surface area contributed by atoms with Gasteiger partial charge in [-0.25, -0.2) is 14.2 Å². The lowest BCUT2D eigenvalue weighted by Gasteiger charge is -2.09. The molecule has 1 aromatic carbocycles. The molecule has 11 heteroatoms. The highest BCUT2D eigenvalue weighted by molar-refractivity contribution is 7.99. The van der Waals surface area contributed by atoms with Gasteiger partial charge in [0, 0.05) is 15.8 Å². The van der Waals surface area contributed by atoms with E-state index in [0.29, 0.717) is 31.5 Å². The average molecular weight is 530 g/mol. The summed E-state index contributed by atoms with van der Waals surface area (Å²) >= 11 is 3.86. The summed E-state index contributed by atoms with van der Waals surface area (Å²) in [7, 11) is 1.26. The second-order valence-electron chi connectivity index (χ2n) is 7.95. The maximum Gasteiger partial charge on any atom is 0.341 e. The summed E-state index contributed by atoms with van der Waals surface area (Å²) in [5.74, 6) is -1.36. The first-order chi connectivity index (χ1) is 16.9. The maximum atomic E-state index is 13.3. The van der Waals surface area contributed by atoms with Gasteiger partial charge < -0.3 is 15.0 Å². The zero-order chi connectivity index (χ0) is 24.5. The number of methoxy groups -OCH3 is 1. The van der Waals surface area contributed by atoms with E-state index in [4.69, 9.17) is 4.74 Å². The topological polar surface area (TPSA) is 101 Å². The van der Waals surface area contributed by atoms with Gasteiger partial charge in [0.15, 0.2) is 5.16 Å². The molecule has 0 bridgehead atoms. The molecule has 1 amide bonds. The van der Waals surface area contributed by atoms with Crippen LogP contribution in [0.1, 0.15) is 33.6 Å². The number of benzene rings is 1. The Labute approximate surface area is 211 Å². The number of carbonyl (C=O) groups excluding carboxylic acids is 2. The van der Waals surface area contributed by atoms with Crippen LogP contribution in [0.2, 0.25) is 0 Å². The summed E-state index contributed by atoms with van der Waals surface area (Å²) in [5.41, 5.74) is 2.32. The number of nitrogens with zero attached hydrogens (tertiary/aromatic N) is 1. The Balaban J connectivity index is 1.33. The smallest absolute Gasteiger partial charge is 0.341 e. The lowest BCUT2D eigenvalue weighted by atomic mass is 9.97. The Hall–Kier alpha value is -3.02. The van der Waals surface area contributed by atoms with Gasteiger partial charge in [-0.05, 0) is 48.9 Å². The van der Waals surface area contributed by atoms with Crippen LogP contribution in [0, 0.1) is 5.82 Å². The van der Waals surface area contributed by atoms with Gasteiger partial charge in [-0.15, -0.1) is 22.7 Å². The molecule has 4 aromatic rings. The predicted molar refractivity (Wildman–Crippen MR) is 137 cm³/mol. The molecule has 0 unspecified atom stereocenters. The number of thioether (sulfide) groups is 1. The number of aromatic amines is 1. The van der Waals surface area contributed by atoms with Gasteiger partial charge in [0.05, 0.1) is 18.2 Å². The van der Waals surface area contributed by atoms with Gasteiger partial charge in [0.1, 0.15) is 21.2 Å². The molecule has 0 saturated heterocycles. The minimum absolute atomic E-state index is 0.00999. The first-order valence-corrected chi connectivity index (χ1v) is 13.6. The maximum absolute atomic E-state index is 13.3. The van der Waals surface area contributed by atoms with Crippen LogP contribution >= 0.6 is 34.4 Å². The number of fused-ring (bicyclic) bond motifs is 3. The summed E-state index contributed by atoms with van der Waals surface area (Å²) in [6, 6.07) is 5.73. The van der Waals surface area contributed by atoms with E-state index in [2.05, 4.69) is 15.3 Å². The number of carbonyl (C=O) groups is 2. The Morgan fingerprint density at radius 3 is 2.77 bits per heavy atom. The number of thiophene rings is 2. The quantitative estimate of drug-likeness (QED) is 0.201. The predicted octanol–water partition coefficient (Wildman–Crippen LogP) is 5.25. The molecule has 7 nitrogen and oxygen atoms in total.